The first-order chi connectivity index (χ1) is 11.0. The van der Waals surface area contributed by atoms with E-state index in [1.165, 1.54) is 11.0 Å². The fourth-order valence-electron chi connectivity index (χ4n) is 3.09. The molecule has 1 N–H and O–H groups in total. The Kier molecular flexibility index (Phi) is 4.02. The molecule has 0 unspecified atom stereocenters. The van der Waals surface area contributed by atoms with Crippen molar-refractivity contribution in [3.63, 3.8) is 0 Å². The molecule has 1 atom stereocenters. The molecule has 7 heteroatoms. The highest BCUT2D eigenvalue weighted by Crippen LogP contribution is 2.39. The normalized spacial score (nSPS) is 21.4. The third-order valence-corrected chi connectivity index (χ3v) is 4.14. The molecule has 5 nitrogen and oxygen atoms in total. The third-order valence-electron chi connectivity index (χ3n) is 4.14. The zero-order valence-corrected chi connectivity index (χ0v) is 12.5. The third kappa shape index (κ3) is 2.78. The van der Waals surface area contributed by atoms with Gasteiger partial charge in [0.25, 0.3) is 0 Å². The van der Waals surface area contributed by atoms with Crippen LogP contribution < -0.4 is 10.1 Å². The number of carbonyl (C=O) groups is 2. The largest absolute Gasteiger partial charge is 0.434 e. The van der Waals surface area contributed by atoms with E-state index in [-0.39, 0.29) is 17.6 Å². The van der Waals surface area contributed by atoms with E-state index >= 15 is 0 Å². The summed E-state index contributed by atoms with van der Waals surface area (Å²) in [4.78, 5) is 25.9. The fourth-order valence-corrected chi connectivity index (χ4v) is 3.09. The molecule has 2 amide bonds. The van der Waals surface area contributed by atoms with E-state index in [0.29, 0.717) is 36.1 Å². The van der Waals surface area contributed by atoms with Crippen molar-refractivity contribution in [2.24, 2.45) is 0 Å². The van der Waals surface area contributed by atoms with Gasteiger partial charge in [0.2, 0.25) is 0 Å². The molecule has 3 rings (SSSR count). The molecule has 122 valence electrons. The Morgan fingerprint density at radius 3 is 2.74 bits per heavy atom. The fraction of sp³-hybridized carbons (Fsp3) is 0.375. The number of alkyl halides is 2. The highest BCUT2D eigenvalue weighted by molar-refractivity contribution is 6.01. The van der Waals surface area contributed by atoms with Crippen LogP contribution in [-0.2, 0) is 4.79 Å². The number of allylic oxidation sites excluding steroid dienone is 1. The first kappa shape index (κ1) is 15.5. The van der Waals surface area contributed by atoms with Crippen LogP contribution in [0.3, 0.4) is 0 Å². The highest BCUT2D eigenvalue weighted by atomic mass is 19.3. The number of halogens is 2. The lowest BCUT2D eigenvalue weighted by atomic mass is 9.84. The monoisotopic (exact) mass is 322 g/mol. The predicted molar refractivity (Wildman–Crippen MR) is 78.0 cm³/mol. The number of amides is 2. The molecule has 0 aromatic heterocycles. The SMILES string of the molecule is CN1C(=O)N[C@H](c2ccccc2OC(F)F)C2=C1CCCC2=O. The molecule has 0 radical (unpaired) electrons. The second-order valence-electron chi connectivity index (χ2n) is 5.49. The van der Waals surface area contributed by atoms with Crippen LogP contribution in [0.4, 0.5) is 13.6 Å². The van der Waals surface area contributed by atoms with Crippen molar-refractivity contribution < 1.29 is 23.1 Å². The Labute approximate surface area is 131 Å². The molecule has 1 heterocycles. The molecule has 1 aromatic carbocycles. The molecule has 1 aromatic rings. The van der Waals surface area contributed by atoms with E-state index in [9.17, 15) is 18.4 Å². The number of ketones is 1. The summed E-state index contributed by atoms with van der Waals surface area (Å²) in [5.74, 6) is -0.113. The topological polar surface area (TPSA) is 58.6 Å². The Morgan fingerprint density at radius 1 is 1.26 bits per heavy atom. The van der Waals surface area contributed by atoms with Gasteiger partial charge in [-0.3, -0.25) is 4.79 Å². The number of hydrogen-bond acceptors (Lipinski definition) is 3. The van der Waals surface area contributed by atoms with Gasteiger partial charge in [-0.1, -0.05) is 18.2 Å². The van der Waals surface area contributed by atoms with Crippen molar-refractivity contribution in [3.8, 4) is 5.75 Å². The van der Waals surface area contributed by atoms with Gasteiger partial charge in [-0.05, 0) is 18.9 Å². The van der Waals surface area contributed by atoms with E-state index in [1.807, 2.05) is 0 Å². The molecule has 0 fully saturated rings. The Morgan fingerprint density at radius 2 is 2.00 bits per heavy atom. The molecule has 0 saturated heterocycles. The zero-order valence-electron chi connectivity index (χ0n) is 12.5. The van der Waals surface area contributed by atoms with E-state index in [0.717, 1.165) is 0 Å². The highest BCUT2D eigenvalue weighted by Gasteiger charge is 2.38. The van der Waals surface area contributed by atoms with Crippen LogP contribution in [0, 0.1) is 0 Å². The van der Waals surface area contributed by atoms with Gasteiger partial charge < -0.3 is 15.0 Å². The number of nitrogens with zero attached hydrogens (tertiary/aromatic N) is 1. The molecular weight excluding hydrogens is 306 g/mol. The molecule has 0 spiro atoms. The maximum absolute atomic E-state index is 12.6. The number of para-hydroxylation sites is 1. The first-order valence-corrected chi connectivity index (χ1v) is 7.33. The maximum Gasteiger partial charge on any atom is 0.387 e. The number of hydrogen-bond donors (Lipinski definition) is 1. The molecule has 0 bridgehead atoms. The number of Topliss-reactive ketones (excluding diaryl/α,β-unsaturated/α-hetero) is 1. The Bertz CT molecular complexity index is 688. The van der Waals surface area contributed by atoms with Crippen molar-refractivity contribution in [1.82, 2.24) is 10.2 Å². The summed E-state index contributed by atoms with van der Waals surface area (Å²) in [6.07, 6.45) is 1.67. The molecule has 23 heavy (non-hydrogen) atoms. The van der Waals surface area contributed by atoms with Crippen LogP contribution in [0.5, 0.6) is 5.75 Å². The van der Waals surface area contributed by atoms with E-state index in [2.05, 4.69) is 10.1 Å². The van der Waals surface area contributed by atoms with Crippen molar-refractivity contribution in [2.45, 2.75) is 31.9 Å². The summed E-state index contributed by atoms with van der Waals surface area (Å²) in [7, 11) is 1.60. The summed E-state index contributed by atoms with van der Waals surface area (Å²) in [5, 5.41) is 2.71. The van der Waals surface area contributed by atoms with Crippen LogP contribution in [0.25, 0.3) is 0 Å². The Balaban J connectivity index is 2.10. The lowest BCUT2D eigenvalue weighted by Crippen LogP contribution is -2.47. The van der Waals surface area contributed by atoms with E-state index < -0.39 is 12.7 Å². The summed E-state index contributed by atoms with van der Waals surface area (Å²) in [6, 6.07) is 5.08. The van der Waals surface area contributed by atoms with Crippen LogP contribution in [0.2, 0.25) is 0 Å². The smallest absolute Gasteiger partial charge is 0.387 e. The van der Waals surface area contributed by atoms with Crippen molar-refractivity contribution in [3.05, 3.63) is 41.1 Å². The van der Waals surface area contributed by atoms with Crippen molar-refractivity contribution in [2.75, 3.05) is 7.05 Å². The summed E-state index contributed by atoms with van der Waals surface area (Å²) in [5.41, 5.74) is 1.47. The van der Waals surface area contributed by atoms with Gasteiger partial charge >= 0.3 is 12.6 Å². The quantitative estimate of drug-likeness (QED) is 0.931. The van der Waals surface area contributed by atoms with Crippen molar-refractivity contribution in [1.29, 1.82) is 0 Å². The molecular formula is C16H16F2N2O3. The van der Waals surface area contributed by atoms with Gasteiger partial charge in [0.15, 0.2) is 5.78 Å². The Hall–Kier alpha value is -2.44. The van der Waals surface area contributed by atoms with Crippen LogP contribution in [-0.4, -0.2) is 30.4 Å². The zero-order chi connectivity index (χ0) is 16.6. The standard InChI is InChI=1S/C16H16F2N2O3/c1-20-10-6-4-7-11(21)13(10)14(19-16(20)22)9-5-2-3-8-12(9)23-15(17)18/h2-3,5,8,14-15H,4,6-7H2,1H3,(H,19,22)/t14-/m1/s1. The van der Waals surface area contributed by atoms with Crippen LogP contribution in [0.1, 0.15) is 30.9 Å². The molecule has 1 aliphatic heterocycles. The van der Waals surface area contributed by atoms with E-state index in [4.69, 9.17) is 0 Å². The number of carbonyl (C=O) groups excluding carboxylic acids is 2. The number of rotatable bonds is 3. The summed E-state index contributed by atoms with van der Waals surface area (Å²) in [6.45, 7) is -2.98. The molecule has 2 aliphatic rings. The summed E-state index contributed by atoms with van der Waals surface area (Å²) >= 11 is 0. The van der Waals surface area contributed by atoms with Crippen molar-refractivity contribution >= 4 is 11.8 Å². The van der Waals surface area contributed by atoms with Crippen LogP contribution >= 0.6 is 0 Å². The minimum absolute atomic E-state index is 0.0393. The van der Waals surface area contributed by atoms with Gasteiger partial charge in [-0.15, -0.1) is 0 Å². The summed E-state index contributed by atoms with van der Waals surface area (Å²) < 4.78 is 29.8. The van der Waals surface area contributed by atoms with E-state index in [1.54, 1.807) is 25.2 Å². The minimum Gasteiger partial charge on any atom is -0.434 e. The van der Waals surface area contributed by atoms with Gasteiger partial charge in [-0.25, -0.2) is 4.79 Å². The molecule has 1 aliphatic carbocycles. The number of nitrogens with one attached hydrogen (secondary N) is 1. The lowest BCUT2D eigenvalue weighted by molar-refractivity contribution is -0.116. The number of benzene rings is 1. The molecule has 0 saturated carbocycles. The average molecular weight is 322 g/mol. The number of ether oxygens (including phenoxy) is 1. The second kappa shape index (κ2) is 5.98. The maximum atomic E-state index is 12.6. The average Bonchev–Trinajstić information content (AvgIpc) is 2.51. The van der Waals surface area contributed by atoms with Crippen LogP contribution in [0.15, 0.2) is 35.5 Å². The predicted octanol–water partition coefficient (Wildman–Crippen LogP) is 2.99. The van der Waals surface area contributed by atoms with Gasteiger partial charge in [0.05, 0.1) is 6.04 Å². The second-order valence-corrected chi connectivity index (χ2v) is 5.49. The minimum atomic E-state index is -2.98. The van der Waals surface area contributed by atoms with Gasteiger partial charge in [0.1, 0.15) is 5.75 Å². The van der Waals surface area contributed by atoms with Gasteiger partial charge in [-0.2, -0.15) is 8.78 Å². The van der Waals surface area contributed by atoms with Gasteiger partial charge in [0, 0.05) is 30.3 Å². The number of urea groups is 1. The first-order valence-electron chi connectivity index (χ1n) is 7.33. The lowest BCUT2D eigenvalue weighted by Gasteiger charge is -2.37.